The zero-order chi connectivity index (χ0) is 14.9. The van der Waals surface area contributed by atoms with Gasteiger partial charge in [-0.15, -0.1) is 0 Å². The molecule has 4 N–H and O–H groups in total. The van der Waals surface area contributed by atoms with Gasteiger partial charge in [-0.1, -0.05) is 0 Å². The van der Waals surface area contributed by atoms with Crippen molar-refractivity contribution in [3.63, 3.8) is 0 Å². The van der Waals surface area contributed by atoms with Crippen LogP contribution in [-0.4, -0.2) is 30.3 Å². The SMILES string of the molecule is COc1cc2c(C)nc(O)c(NC(N)=O)c2cc1OC. The van der Waals surface area contributed by atoms with Gasteiger partial charge in [0.15, 0.2) is 11.5 Å². The van der Waals surface area contributed by atoms with E-state index in [1.165, 1.54) is 14.2 Å². The van der Waals surface area contributed by atoms with Crippen LogP contribution >= 0.6 is 0 Å². The molecule has 1 aromatic heterocycles. The van der Waals surface area contributed by atoms with Gasteiger partial charge in [0.2, 0.25) is 5.88 Å². The number of anilines is 1. The van der Waals surface area contributed by atoms with Gasteiger partial charge in [-0.3, -0.25) is 0 Å². The monoisotopic (exact) mass is 277 g/mol. The average molecular weight is 277 g/mol. The van der Waals surface area contributed by atoms with Crippen LogP contribution in [0.2, 0.25) is 0 Å². The number of pyridine rings is 1. The Kier molecular flexibility index (Phi) is 3.51. The topological polar surface area (TPSA) is 107 Å². The lowest BCUT2D eigenvalue weighted by molar-refractivity contribution is 0.259. The lowest BCUT2D eigenvalue weighted by Gasteiger charge is -2.14. The minimum absolute atomic E-state index is 0.138. The van der Waals surface area contributed by atoms with Crippen molar-refractivity contribution in [3.05, 3.63) is 17.8 Å². The Morgan fingerprint density at radius 3 is 2.30 bits per heavy atom. The zero-order valence-electron chi connectivity index (χ0n) is 11.4. The molecule has 1 heterocycles. The maximum atomic E-state index is 11.0. The van der Waals surface area contributed by atoms with Gasteiger partial charge in [0.25, 0.3) is 0 Å². The fourth-order valence-corrected chi connectivity index (χ4v) is 2.03. The predicted molar refractivity (Wildman–Crippen MR) is 74.5 cm³/mol. The molecule has 0 atom stereocenters. The second-order valence-electron chi connectivity index (χ2n) is 4.14. The van der Waals surface area contributed by atoms with Crippen molar-refractivity contribution in [1.82, 2.24) is 4.98 Å². The Balaban J connectivity index is 2.82. The van der Waals surface area contributed by atoms with E-state index < -0.39 is 6.03 Å². The number of nitrogens with one attached hydrogen (secondary N) is 1. The first-order chi connectivity index (χ1) is 9.47. The number of urea groups is 1. The van der Waals surface area contributed by atoms with Crippen LogP contribution in [0.15, 0.2) is 12.1 Å². The molecule has 0 saturated carbocycles. The van der Waals surface area contributed by atoms with Crippen LogP contribution in [0.5, 0.6) is 17.4 Å². The zero-order valence-corrected chi connectivity index (χ0v) is 11.4. The average Bonchev–Trinajstić information content (AvgIpc) is 2.41. The molecule has 0 aliphatic heterocycles. The van der Waals surface area contributed by atoms with Gasteiger partial charge in [0.1, 0.15) is 5.69 Å². The number of nitrogens with zero attached hydrogens (tertiary/aromatic N) is 1. The molecule has 0 unspecified atom stereocenters. The number of rotatable bonds is 3. The van der Waals surface area contributed by atoms with Crippen molar-refractivity contribution < 1.29 is 19.4 Å². The Bertz CT molecular complexity index is 685. The standard InChI is InChI=1S/C13H15N3O4/c1-6-7-4-9(19-2)10(20-3)5-8(7)11(12(17)15-6)16-13(14)18/h4-5H,1-3H3,(H,15,17)(H3,14,16,18). The van der Waals surface area contributed by atoms with Crippen LogP contribution in [0.3, 0.4) is 0 Å². The molecule has 106 valence electrons. The Morgan fingerprint density at radius 1 is 1.25 bits per heavy atom. The minimum atomic E-state index is -0.790. The first-order valence-electron chi connectivity index (χ1n) is 5.79. The first kappa shape index (κ1) is 13.7. The van der Waals surface area contributed by atoms with Crippen molar-refractivity contribution in [3.8, 4) is 17.4 Å². The molecule has 0 bridgehead atoms. The minimum Gasteiger partial charge on any atom is -0.493 e. The highest BCUT2D eigenvalue weighted by Crippen LogP contribution is 2.39. The number of amides is 2. The third-order valence-corrected chi connectivity index (χ3v) is 2.93. The molecule has 0 spiro atoms. The van der Waals surface area contributed by atoms with E-state index in [2.05, 4.69) is 10.3 Å². The Hall–Kier alpha value is -2.70. The fraction of sp³-hybridized carbons (Fsp3) is 0.231. The molecule has 7 heteroatoms. The van der Waals surface area contributed by atoms with Crippen LogP contribution in [0.1, 0.15) is 5.69 Å². The number of fused-ring (bicyclic) bond motifs is 1. The molecule has 2 aromatic rings. The Labute approximate surface area is 115 Å². The summed E-state index contributed by atoms with van der Waals surface area (Å²) >= 11 is 0. The third-order valence-electron chi connectivity index (χ3n) is 2.93. The van der Waals surface area contributed by atoms with E-state index in [1.807, 2.05) is 0 Å². The molecule has 0 fully saturated rings. The number of primary amides is 1. The summed E-state index contributed by atoms with van der Waals surface area (Å²) < 4.78 is 10.4. The van der Waals surface area contributed by atoms with Crippen LogP contribution < -0.4 is 20.5 Å². The number of hydrogen-bond acceptors (Lipinski definition) is 5. The molecule has 0 aliphatic carbocycles. The number of hydrogen-bond donors (Lipinski definition) is 3. The number of ether oxygens (including phenoxy) is 2. The number of methoxy groups -OCH3 is 2. The van der Waals surface area contributed by atoms with Gasteiger partial charge in [0.05, 0.1) is 14.2 Å². The van der Waals surface area contributed by atoms with Crippen LogP contribution in [0, 0.1) is 6.92 Å². The molecule has 0 radical (unpaired) electrons. The second-order valence-corrected chi connectivity index (χ2v) is 4.14. The molecule has 7 nitrogen and oxygen atoms in total. The summed E-state index contributed by atoms with van der Waals surface area (Å²) in [7, 11) is 3.02. The van der Waals surface area contributed by atoms with Gasteiger partial charge in [0, 0.05) is 16.5 Å². The summed E-state index contributed by atoms with van der Waals surface area (Å²) in [5.74, 6) is 0.694. The maximum Gasteiger partial charge on any atom is 0.316 e. The second kappa shape index (κ2) is 5.12. The summed E-state index contributed by atoms with van der Waals surface area (Å²) in [4.78, 5) is 15.0. The highest BCUT2D eigenvalue weighted by Gasteiger charge is 2.16. The largest absolute Gasteiger partial charge is 0.493 e. The quantitative estimate of drug-likeness (QED) is 0.792. The number of carbonyl (C=O) groups excluding carboxylic acids is 1. The van der Waals surface area contributed by atoms with E-state index in [0.717, 1.165) is 0 Å². The third kappa shape index (κ3) is 2.25. The first-order valence-corrected chi connectivity index (χ1v) is 5.79. The number of benzene rings is 1. The molecule has 2 amide bonds. The van der Waals surface area contributed by atoms with E-state index >= 15 is 0 Å². The van der Waals surface area contributed by atoms with Crippen molar-refractivity contribution in [2.24, 2.45) is 5.73 Å². The van der Waals surface area contributed by atoms with E-state index in [4.69, 9.17) is 15.2 Å². The van der Waals surface area contributed by atoms with Gasteiger partial charge in [-0.25, -0.2) is 9.78 Å². The summed E-state index contributed by atoms with van der Waals surface area (Å²) in [5, 5.41) is 13.5. The van der Waals surface area contributed by atoms with Gasteiger partial charge in [-0.05, 0) is 19.1 Å². The number of aromatic hydroxyl groups is 1. The van der Waals surface area contributed by atoms with Crippen LogP contribution in [0.25, 0.3) is 10.8 Å². The summed E-state index contributed by atoms with van der Waals surface area (Å²) in [6.45, 7) is 1.74. The molecular weight excluding hydrogens is 262 g/mol. The predicted octanol–water partition coefficient (Wildman–Crippen LogP) is 1.76. The summed E-state index contributed by atoms with van der Waals surface area (Å²) in [5.41, 5.74) is 5.83. The smallest absolute Gasteiger partial charge is 0.316 e. The molecule has 0 saturated heterocycles. The number of nitrogens with two attached hydrogens (primary N) is 1. The Morgan fingerprint density at radius 2 is 1.80 bits per heavy atom. The summed E-state index contributed by atoms with van der Waals surface area (Å²) in [6, 6.07) is 2.58. The normalized spacial score (nSPS) is 10.3. The van der Waals surface area contributed by atoms with E-state index in [1.54, 1.807) is 19.1 Å². The lowest BCUT2D eigenvalue weighted by Crippen LogP contribution is -2.19. The van der Waals surface area contributed by atoms with Gasteiger partial charge in [-0.2, -0.15) is 0 Å². The number of aromatic nitrogens is 1. The number of aryl methyl sites for hydroxylation is 1. The van der Waals surface area contributed by atoms with Gasteiger partial charge < -0.3 is 25.6 Å². The van der Waals surface area contributed by atoms with Crippen molar-refractivity contribution in [2.75, 3.05) is 19.5 Å². The van der Waals surface area contributed by atoms with Gasteiger partial charge >= 0.3 is 6.03 Å². The van der Waals surface area contributed by atoms with Crippen molar-refractivity contribution in [1.29, 1.82) is 0 Å². The molecule has 0 aliphatic rings. The van der Waals surface area contributed by atoms with Crippen LogP contribution in [0.4, 0.5) is 10.5 Å². The fourth-order valence-electron chi connectivity index (χ4n) is 2.03. The highest BCUT2D eigenvalue weighted by atomic mass is 16.5. The van der Waals surface area contributed by atoms with Crippen molar-refractivity contribution >= 4 is 22.5 Å². The maximum absolute atomic E-state index is 11.0. The van der Waals surface area contributed by atoms with Crippen molar-refractivity contribution in [2.45, 2.75) is 6.92 Å². The lowest BCUT2D eigenvalue weighted by atomic mass is 10.1. The number of carbonyl (C=O) groups is 1. The van der Waals surface area contributed by atoms with E-state index in [-0.39, 0.29) is 11.6 Å². The molecular formula is C13H15N3O4. The van der Waals surface area contributed by atoms with Crippen LogP contribution in [-0.2, 0) is 0 Å². The molecule has 1 aromatic carbocycles. The highest BCUT2D eigenvalue weighted by molar-refractivity contribution is 6.04. The van der Waals surface area contributed by atoms with E-state index in [0.29, 0.717) is 28.0 Å². The molecule has 2 rings (SSSR count). The van der Waals surface area contributed by atoms with E-state index in [9.17, 15) is 9.90 Å². The molecule has 20 heavy (non-hydrogen) atoms. The summed E-state index contributed by atoms with van der Waals surface area (Å²) in [6.07, 6.45) is 0.